The van der Waals surface area contributed by atoms with E-state index in [2.05, 4.69) is 4.98 Å². The number of carbonyl (C=O) groups is 1. The van der Waals surface area contributed by atoms with Crippen molar-refractivity contribution < 1.29 is 9.90 Å². The molecule has 0 radical (unpaired) electrons. The molecule has 0 fully saturated rings. The SMILES string of the molecule is CC(c1ccc(Cl)cc1Cl)n1ccnc1SCC(=O)O. The lowest BCUT2D eigenvalue weighted by molar-refractivity contribution is -0.133. The van der Waals surface area contributed by atoms with E-state index in [9.17, 15) is 4.79 Å². The highest BCUT2D eigenvalue weighted by Crippen LogP contribution is 2.31. The summed E-state index contributed by atoms with van der Waals surface area (Å²) in [6.45, 7) is 1.97. The lowest BCUT2D eigenvalue weighted by Gasteiger charge is -2.17. The van der Waals surface area contributed by atoms with E-state index in [1.165, 1.54) is 11.8 Å². The summed E-state index contributed by atoms with van der Waals surface area (Å²) < 4.78 is 1.89. The summed E-state index contributed by atoms with van der Waals surface area (Å²) in [6.07, 6.45) is 3.45. The Kier molecular flexibility index (Phi) is 4.96. The van der Waals surface area contributed by atoms with Crippen LogP contribution < -0.4 is 0 Å². The monoisotopic (exact) mass is 330 g/mol. The van der Waals surface area contributed by atoms with Crippen LogP contribution in [0, 0.1) is 0 Å². The molecule has 1 unspecified atom stereocenters. The van der Waals surface area contributed by atoms with Crippen molar-refractivity contribution in [2.24, 2.45) is 0 Å². The van der Waals surface area contributed by atoms with E-state index in [1.807, 2.05) is 17.6 Å². The Morgan fingerprint density at radius 1 is 1.50 bits per heavy atom. The third-order valence-corrected chi connectivity index (χ3v) is 4.32. The molecule has 4 nitrogen and oxygen atoms in total. The highest BCUT2D eigenvalue weighted by atomic mass is 35.5. The molecule has 2 rings (SSSR count). The largest absolute Gasteiger partial charge is 0.481 e. The van der Waals surface area contributed by atoms with Crippen LogP contribution in [0.15, 0.2) is 35.7 Å². The number of imidazole rings is 1. The van der Waals surface area contributed by atoms with Gasteiger partial charge < -0.3 is 9.67 Å². The number of aliphatic carboxylic acids is 1. The third kappa shape index (κ3) is 3.48. The molecule has 1 aromatic carbocycles. The fourth-order valence-electron chi connectivity index (χ4n) is 1.82. The van der Waals surface area contributed by atoms with Gasteiger partial charge >= 0.3 is 5.97 Å². The van der Waals surface area contributed by atoms with Gasteiger partial charge in [-0.25, -0.2) is 4.98 Å². The van der Waals surface area contributed by atoms with E-state index >= 15 is 0 Å². The van der Waals surface area contributed by atoms with Gasteiger partial charge in [0.2, 0.25) is 0 Å². The summed E-state index contributed by atoms with van der Waals surface area (Å²) in [5, 5.41) is 10.5. The van der Waals surface area contributed by atoms with Crippen LogP contribution in [-0.2, 0) is 4.79 Å². The van der Waals surface area contributed by atoms with Crippen molar-refractivity contribution >= 4 is 40.9 Å². The summed E-state index contributed by atoms with van der Waals surface area (Å²) in [6, 6.07) is 5.27. The first-order valence-corrected chi connectivity index (χ1v) is 7.55. The van der Waals surface area contributed by atoms with Gasteiger partial charge in [-0.15, -0.1) is 0 Å². The topological polar surface area (TPSA) is 55.1 Å². The molecule has 7 heteroatoms. The molecule has 0 amide bonds. The predicted octanol–water partition coefficient (Wildman–Crippen LogP) is 3.98. The molecule has 1 N–H and O–H groups in total. The Morgan fingerprint density at radius 3 is 2.90 bits per heavy atom. The molecule has 2 aromatic rings. The lowest BCUT2D eigenvalue weighted by Crippen LogP contribution is -2.09. The second kappa shape index (κ2) is 6.52. The molecule has 0 spiro atoms. The molecular formula is C13H12Cl2N2O2S. The average Bonchev–Trinajstić information content (AvgIpc) is 2.83. The maximum absolute atomic E-state index is 10.6. The zero-order valence-corrected chi connectivity index (χ0v) is 12.9. The zero-order chi connectivity index (χ0) is 14.7. The number of nitrogens with zero attached hydrogens (tertiary/aromatic N) is 2. The summed E-state index contributed by atoms with van der Waals surface area (Å²) in [7, 11) is 0. The van der Waals surface area contributed by atoms with Crippen LogP contribution in [0.4, 0.5) is 0 Å². The molecular weight excluding hydrogens is 319 g/mol. The highest BCUT2D eigenvalue weighted by molar-refractivity contribution is 7.99. The van der Waals surface area contributed by atoms with Crippen LogP contribution in [0.2, 0.25) is 10.0 Å². The van der Waals surface area contributed by atoms with Gasteiger partial charge in [-0.05, 0) is 24.6 Å². The van der Waals surface area contributed by atoms with Gasteiger partial charge in [0.05, 0.1) is 11.8 Å². The van der Waals surface area contributed by atoms with Crippen molar-refractivity contribution in [1.82, 2.24) is 9.55 Å². The zero-order valence-electron chi connectivity index (χ0n) is 10.6. The van der Waals surface area contributed by atoms with Crippen molar-refractivity contribution in [2.75, 3.05) is 5.75 Å². The number of thioether (sulfide) groups is 1. The van der Waals surface area contributed by atoms with Gasteiger partial charge in [0.25, 0.3) is 0 Å². The minimum absolute atomic E-state index is 0.0297. The fourth-order valence-corrected chi connectivity index (χ4v) is 3.14. The minimum Gasteiger partial charge on any atom is -0.481 e. The molecule has 20 heavy (non-hydrogen) atoms. The smallest absolute Gasteiger partial charge is 0.313 e. The standard InChI is InChI=1S/C13H12Cl2N2O2S/c1-8(10-3-2-9(14)6-11(10)15)17-5-4-16-13(17)20-7-12(18)19/h2-6,8H,7H2,1H3,(H,18,19). The van der Waals surface area contributed by atoms with Crippen LogP contribution in [0.3, 0.4) is 0 Å². The summed E-state index contributed by atoms with van der Waals surface area (Å²) in [5.41, 5.74) is 0.909. The number of benzene rings is 1. The first-order valence-electron chi connectivity index (χ1n) is 5.81. The predicted molar refractivity (Wildman–Crippen MR) is 80.9 cm³/mol. The van der Waals surface area contributed by atoms with Gasteiger partial charge in [-0.2, -0.15) is 0 Å². The van der Waals surface area contributed by atoms with E-state index in [0.29, 0.717) is 15.2 Å². The van der Waals surface area contributed by atoms with E-state index in [4.69, 9.17) is 28.3 Å². The average molecular weight is 331 g/mol. The van der Waals surface area contributed by atoms with Crippen molar-refractivity contribution in [3.05, 3.63) is 46.2 Å². The molecule has 0 bridgehead atoms. The van der Waals surface area contributed by atoms with Gasteiger partial charge in [0.15, 0.2) is 5.16 Å². The first kappa shape index (κ1) is 15.2. The van der Waals surface area contributed by atoms with Crippen molar-refractivity contribution in [1.29, 1.82) is 0 Å². The van der Waals surface area contributed by atoms with Crippen molar-refractivity contribution in [3.8, 4) is 0 Å². The minimum atomic E-state index is -0.873. The second-order valence-corrected chi connectivity index (χ2v) is 5.93. The fraction of sp³-hybridized carbons (Fsp3) is 0.231. The van der Waals surface area contributed by atoms with Gasteiger partial charge in [0, 0.05) is 22.4 Å². The van der Waals surface area contributed by atoms with Gasteiger partial charge in [-0.1, -0.05) is 41.0 Å². The Morgan fingerprint density at radius 2 is 2.25 bits per heavy atom. The molecule has 0 saturated carbocycles. The number of carboxylic acid groups (broad SMARTS) is 1. The normalized spacial score (nSPS) is 12.3. The second-order valence-electron chi connectivity index (χ2n) is 4.14. The Hall–Kier alpha value is -1.17. The Bertz CT molecular complexity index is 631. The molecule has 1 aromatic heterocycles. The van der Waals surface area contributed by atoms with Crippen LogP contribution >= 0.6 is 35.0 Å². The first-order chi connectivity index (χ1) is 9.49. The Balaban J connectivity index is 2.27. The molecule has 0 aliphatic heterocycles. The molecule has 0 aliphatic carbocycles. The quantitative estimate of drug-likeness (QED) is 0.842. The van der Waals surface area contributed by atoms with Crippen LogP contribution in [0.5, 0.6) is 0 Å². The van der Waals surface area contributed by atoms with E-state index in [-0.39, 0.29) is 11.8 Å². The molecule has 1 atom stereocenters. The number of hydrogen-bond donors (Lipinski definition) is 1. The number of aromatic nitrogens is 2. The summed E-state index contributed by atoms with van der Waals surface area (Å²) >= 11 is 13.3. The Labute approximate surface area is 130 Å². The molecule has 1 heterocycles. The number of carboxylic acids is 1. The third-order valence-electron chi connectivity index (χ3n) is 2.79. The van der Waals surface area contributed by atoms with Crippen LogP contribution in [0.25, 0.3) is 0 Å². The summed E-state index contributed by atoms with van der Waals surface area (Å²) in [4.78, 5) is 14.8. The van der Waals surface area contributed by atoms with Crippen molar-refractivity contribution in [2.45, 2.75) is 18.1 Å². The molecule has 0 saturated heterocycles. The number of halogens is 2. The van der Waals surface area contributed by atoms with E-state index in [1.54, 1.807) is 24.5 Å². The van der Waals surface area contributed by atoms with Crippen molar-refractivity contribution in [3.63, 3.8) is 0 Å². The maximum atomic E-state index is 10.6. The number of rotatable bonds is 5. The molecule has 0 aliphatic rings. The maximum Gasteiger partial charge on any atom is 0.313 e. The lowest BCUT2D eigenvalue weighted by atomic mass is 10.1. The van der Waals surface area contributed by atoms with Gasteiger partial charge in [-0.3, -0.25) is 4.79 Å². The van der Waals surface area contributed by atoms with Gasteiger partial charge in [0.1, 0.15) is 0 Å². The summed E-state index contributed by atoms with van der Waals surface area (Å²) in [5.74, 6) is -0.903. The highest BCUT2D eigenvalue weighted by Gasteiger charge is 2.16. The number of hydrogen-bond acceptors (Lipinski definition) is 3. The van der Waals surface area contributed by atoms with Crippen LogP contribution in [0.1, 0.15) is 18.5 Å². The van der Waals surface area contributed by atoms with Crippen LogP contribution in [-0.4, -0.2) is 26.4 Å². The van der Waals surface area contributed by atoms with E-state index < -0.39 is 5.97 Å². The molecule has 106 valence electrons. The van der Waals surface area contributed by atoms with E-state index in [0.717, 1.165) is 5.56 Å².